The molecule has 0 saturated heterocycles. The second kappa shape index (κ2) is 6.65. The standard InChI is InChI=1S/C13H22N4OS/c1-5-10-7-11(17(6-2)15-10)13(18)16(9(3)4)8-12(14)19/h7,9H,5-6,8H2,1-4H3,(H2,14,19). The van der Waals surface area contributed by atoms with Gasteiger partial charge in [-0.2, -0.15) is 5.10 Å². The average molecular weight is 282 g/mol. The van der Waals surface area contributed by atoms with Crippen molar-refractivity contribution in [3.63, 3.8) is 0 Å². The zero-order valence-electron chi connectivity index (χ0n) is 12.0. The van der Waals surface area contributed by atoms with Gasteiger partial charge in [0.25, 0.3) is 5.91 Å². The number of aromatic nitrogens is 2. The van der Waals surface area contributed by atoms with Crippen molar-refractivity contribution >= 4 is 23.1 Å². The molecule has 5 nitrogen and oxygen atoms in total. The molecule has 0 atom stereocenters. The fraction of sp³-hybridized carbons (Fsp3) is 0.615. The minimum Gasteiger partial charge on any atom is -0.392 e. The van der Waals surface area contributed by atoms with Gasteiger partial charge in [-0.25, -0.2) is 0 Å². The first kappa shape index (κ1) is 15.6. The van der Waals surface area contributed by atoms with Crippen molar-refractivity contribution in [3.05, 3.63) is 17.5 Å². The lowest BCUT2D eigenvalue weighted by Crippen LogP contribution is -2.43. The van der Waals surface area contributed by atoms with Crippen LogP contribution in [0.4, 0.5) is 0 Å². The van der Waals surface area contributed by atoms with Crippen molar-refractivity contribution in [2.45, 2.75) is 46.7 Å². The zero-order valence-corrected chi connectivity index (χ0v) is 12.8. The lowest BCUT2D eigenvalue weighted by Gasteiger charge is -2.26. The Morgan fingerprint density at radius 1 is 1.53 bits per heavy atom. The molecule has 0 aliphatic rings. The van der Waals surface area contributed by atoms with E-state index in [1.807, 2.05) is 33.8 Å². The monoisotopic (exact) mass is 282 g/mol. The Labute approximate surface area is 119 Å². The van der Waals surface area contributed by atoms with Crippen LogP contribution in [0.25, 0.3) is 0 Å². The summed E-state index contributed by atoms with van der Waals surface area (Å²) in [5, 5.41) is 4.39. The van der Waals surface area contributed by atoms with Crippen LogP contribution in [-0.4, -0.2) is 38.2 Å². The van der Waals surface area contributed by atoms with E-state index in [0.717, 1.165) is 12.1 Å². The number of hydrogen-bond acceptors (Lipinski definition) is 3. The highest BCUT2D eigenvalue weighted by Gasteiger charge is 2.23. The molecular weight excluding hydrogens is 260 g/mol. The normalized spacial score (nSPS) is 10.8. The van der Waals surface area contributed by atoms with E-state index in [4.69, 9.17) is 18.0 Å². The van der Waals surface area contributed by atoms with Crippen LogP contribution >= 0.6 is 12.2 Å². The van der Waals surface area contributed by atoms with Gasteiger partial charge in [-0.1, -0.05) is 19.1 Å². The highest BCUT2D eigenvalue weighted by atomic mass is 32.1. The van der Waals surface area contributed by atoms with Crippen LogP contribution < -0.4 is 5.73 Å². The summed E-state index contributed by atoms with van der Waals surface area (Å²) in [7, 11) is 0. The van der Waals surface area contributed by atoms with Crippen molar-refractivity contribution < 1.29 is 4.79 Å². The lowest BCUT2D eigenvalue weighted by molar-refractivity contribution is 0.0723. The summed E-state index contributed by atoms with van der Waals surface area (Å²) in [6.07, 6.45) is 0.810. The van der Waals surface area contributed by atoms with Gasteiger partial charge in [0.05, 0.1) is 17.2 Å². The van der Waals surface area contributed by atoms with Crippen molar-refractivity contribution in [1.82, 2.24) is 14.7 Å². The predicted octanol–water partition coefficient (Wildman–Crippen LogP) is 1.60. The maximum absolute atomic E-state index is 12.6. The third-order valence-corrected chi connectivity index (χ3v) is 3.05. The van der Waals surface area contributed by atoms with Crippen LogP contribution in [0, 0.1) is 0 Å². The fourth-order valence-electron chi connectivity index (χ4n) is 1.86. The molecule has 0 aliphatic heterocycles. The van der Waals surface area contributed by atoms with Crippen LogP contribution in [0.2, 0.25) is 0 Å². The number of carbonyl (C=O) groups excluding carboxylic acids is 1. The number of nitrogens with zero attached hydrogens (tertiary/aromatic N) is 3. The van der Waals surface area contributed by atoms with Crippen molar-refractivity contribution in [3.8, 4) is 0 Å². The molecule has 0 unspecified atom stereocenters. The average Bonchev–Trinajstić information content (AvgIpc) is 2.77. The van der Waals surface area contributed by atoms with Gasteiger partial charge in [0.2, 0.25) is 0 Å². The molecule has 0 fully saturated rings. The Kier molecular flexibility index (Phi) is 5.47. The van der Waals surface area contributed by atoms with E-state index in [1.165, 1.54) is 0 Å². The van der Waals surface area contributed by atoms with Crippen molar-refractivity contribution in [2.75, 3.05) is 6.54 Å². The molecule has 6 heteroatoms. The number of carbonyl (C=O) groups is 1. The number of rotatable bonds is 6. The SMILES string of the molecule is CCc1cc(C(=O)N(CC(N)=S)C(C)C)n(CC)n1. The second-order valence-electron chi connectivity index (χ2n) is 4.68. The first-order chi connectivity index (χ1) is 8.90. The molecule has 0 saturated carbocycles. The minimum absolute atomic E-state index is 0.0410. The molecule has 1 amide bonds. The summed E-state index contributed by atoms with van der Waals surface area (Å²) in [4.78, 5) is 14.6. The Hall–Kier alpha value is -1.43. The fourth-order valence-corrected chi connectivity index (χ4v) is 2.00. The van der Waals surface area contributed by atoms with Gasteiger partial charge in [0.1, 0.15) is 5.69 Å². The molecule has 0 aliphatic carbocycles. The predicted molar refractivity (Wildman–Crippen MR) is 80.2 cm³/mol. The van der Waals surface area contributed by atoms with Crippen LogP contribution in [-0.2, 0) is 13.0 Å². The van der Waals surface area contributed by atoms with E-state index in [9.17, 15) is 4.79 Å². The number of amides is 1. The van der Waals surface area contributed by atoms with Crippen LogP contribution in [0.5, 0.6) is 0 Å². The maximum Gasteiger partial charge on any atom is 0.272 e. The van der Waals surface area contributed by atoms with Gasteiger partial charge < -0.3 is 10.6 Å². The maximum atomic E-state index is 12.6. The summed E-state index contributed by atoms with van der Waals surface area (Å²) in [5.74, 6) is -0.0724. The van der Waals surface area contributed by atoms with Gasteiger partial charge in [0.15, 0.2) is 0 Å². The summed E-state index contributed by atoms with van der Waals surface area (Å²) in [6, 6.07) is 1.89. The molecule has 19 heavy (non-hydrogen) atoms. The Balaban J connectivity index is 3.08. The third-order valence-electron chi connectivity index (χ3n) is 2.92. The molecule has 1 rings (SSSR count). The summed E-state index contributed by atoms with van der Waals surface area (Å²) >= 11 is 4.91. The van der Waals surface area contributed by atoms with Crippen LogP contribution in [0.1, 0.15) is 43.9 Å². The van der Waals surface area contributed by atoms with E-state index < -0.39 is 0 Å². The van der Waals surface area contributed by atoms with E-state index in [-0.39, 0.29) is 11.9 Å². The van der Waals surface area contributed by atoms with E-state index in [1.54, 1.807) is 9.58 Å². The quantitative estimate of drug-likeness (QED) is 0.805. The smallest absolute Gasteiger partial charge is 0.272 e. The van der Waals surface area contributed by atoms with E-state index in [0.29, 0.717) is 23.8 Å². The molecule has 0 spiro atoms. The molecule has 1 aromatic heterocycles. The van der Waals surface area contributed by atoms with Crippen molar-refractivity contribution in [1.29, 1.82) is 0 Å². The highest BCUT2D eigenvalue weighted by molar-refractivity contribution is 7.80. The first-order valence-corrected chi connectivity index (χ1v) is 6.97. The summed E-state index contributed by atoms with van der Waals surface area (Å²) in [5.41, 5.74) is 7.09. The lowest BCUT2D eigenvalue weighted by atomic mass is 10.2. The molecule has 0 aromatic carbocycles. The number of aryl methyl sites for hydroxylation is 2. The summed E-state index contributed by atoms with van der Waals surface area (Å²) in [6.45, 7) is 8.84. The number of hydrogen-bond donors (Lipinski definition) is 1. The molecule has 2 N–H and O–H groups in total. The van der Waals surface area contributed by atoms with Crippen LogP contribution in [0.3, 0.4) is 0 Å². The topological polar surface area (TPSA) is 64.2 Å². The Morgan fingerprint density at radius 3 is 2.58 bits per heavy atom. The zero-order chi connectivity index (χ0) is 14.6. The Morgan fingerprint density at radius 2 is 2.16 bits per heavy atom. The second-order valence-corrected chi connectivity index (χ2v) is 5.21. The van der Waals surface area contributed by atoms with Crippen LogP contribution in [0.15, 0.2) is 6.07 Å². The van der Waals surface area contributed by atoms with E-state index >= 15 is 0 Å². The first-order valence-electron chi connectivity index (χ1n) is 6.56. The van der Waals surface area contributed by atoms with Gasteiger partial charge >= 0.3 is 0 Å². The van der Waals surface area contributed by atoms with Gasteiger partial charge in [-0.05, 0) is 33.3 Å². The number of thiocarbonyl (C=S) groups is 1. The van der Waals surface area contributed by atoms with Gasteiger partial charge in [-0.15, -0.1) is 0 Å². The van der Waals surface area contributed by atoms with Gasteiger partial charge in [0, 0.05) is 12.6 Å². The Bertz CT molecular complexity index is 467. The summed E-state index contributed by atoms with van der Waals surface area (Å²) < 4.78 is 1.73. The molecule has 106 valence electrons. The molecule has 0 radical (unpaired) electrons. The molecule has 1 heterocycles. The highest BCUT2D eigenvalue weighted by Crippen LogP contribution is 2.11. The molecule has 0 bridgehead atoms. The number of nitrogens with two attached hydrogens (primary N) is 1. The van der Waals surface area contributed by atoms with Gasteiger partial charge in [-0.3, -0.25) is 9.48 Å². The minimum atomic E-state index is -0.0724. The largest absolute Gasteiger partial charge is 0.392 e. The molecular formula is C13H22N4OS. The van der Waals surface area contributed by atoms with Crippen molar-refractivity contribution in [2.24, 2.45) is 5.73 Å². The van der Waals surface area contributed by atoms with E-state index in [2.05, 4.69) is 5.10 Å². The molecule has 1 aromatic rings. The third kappa shape index (κ3) is 3.76.